The molecule has 4 nitrogen and oxygen atoms in total. The average Bonchev–Trinajstić information content (AvgIpc) is 3.34. The van der Waals surface area contributed by atoms with Gasteiger partial charge in [0.25, 0.3) is 0 Å². The maximum Gasteiger partial charge on any atom is 0.316 e. The van der Waals surface area contributed by atoms with Crippen LogP contribution in [0.3, 0.4) is 0 Å². The van der Waals surface area contributed by atoms with E-state index >= 15 is 0 Å². The van der Waals surface area contributed by atoms with Crippen molar-refractivity contribution in [3.05, 3.63) is 58.7 Å². The summed E-state index contributed by atoms with van der Waals surface area (Å²) in [5.41, 5.74) is 0.962. The number of ether oxygens (including phenoxy) is 2. The first-order valence-electron chi connectivity index (χ1n) is 7.07. The SMILES string of the molecule is COC(=O)C1(c2c(Cl)ccnc2OCc2ccccc2)CC1. The lowest BCUT2D eigenvalue weighted by molar-refractivity contribution is -0.143. The number of carbonyl (C=O) groups excluding carboxylic acids is 1. The quantitative estimate of drug-likeness (QED) is 0.792. The van der Waals surface area contributed by atoms with Crippen molar-refractivity contribution >= 4 is 17.6 Å². The third-order valence-corrected chi connectivity index (χ3v) is 4.20. The summed E-state index contributed by atoms with van der Waals surface area (Å²) in [5.74, 6) is 0.117. The fraction of sp³-hybridized carbons (Fsp3) is 0.294. The van der Waals surface area contributed by atoms with E-state index in [-0.39, 0.29) is 5.97 Å². The number of aromatic nitrogens is 1. The minimum atomic E-state index is -0.702. The lowest BCUT2D eigenvalue weighted by Crippen LogP contribution is -2.23. The van der Waals surface area contributed by atoms with Gasteiger partial charge in [-0.25, -0.2) is 4.98 Å². The van der Waals surface area contributed by atoms with Crippen molar-refractivity contribution in [1.82, 2.24) is 4.98 Å². The molecule has 0 saturated heterocycles. The van der Waals surface area contributed by atoms with Crippen LogP contribution in [0.1, 0.15) is 24.0 Å². The van der Waals surface area contributed by atoms with Gasteiger partial charge in [0, 0.05) is 6.20 Å². The van der Waals surface area contributed by atoms with E-state index in [0.29, 0.717) is 35.9 Å². The van der Waals surface area contributed by atoms with Gasteiger partial charge < -0.3 is 9.47 Å². The van der Waals surface area contributed by atoms with Gasteiger partial charge in [-0.05, 0) is 24.5 Å². The topological polar surface area (TPSA) is 48.4 Å². The summed E-state index contributed by atoms with van der Waals surface area (Å²) >= 11 is 6.31. The van der Waals surface area contributed by atoms with Gasteiger partial charge in [0.2, 0.25) is 5.88 Å². The van der Waals surface area contributed by atoms with Gasteiger partial charge >= 0.3 is 5.97 Å². The zero-order chi connectivity index (χ0) is 15.6. The molecule has 1 saturated carbocycles. The normalized spacial score (nSPS) is 15.2. The van der Waals surface area contributed by atoms with E-state index in [9.17, 15) is 4.79 Å². The Balaban J connectivity index is 1.89. The van der Waals surface area contributed by atoms with Crippen molar-refractivity contribution in [2.45, 2.75) is 24.9 Å². The second kappa shape index (κ2) is 5.97. The summed E-state index contributed by atoms with van der Waals surface area (Å²) < 4.78 is 10.7. The Morgan fingerprint density at radius 2 is 2.00 bits per heavy atom. The Kier molecular flexibility index (Phi) is 4.03. The molecule has 0 bridgehead atoms. The molecule has 0 N–H and O–H groups in total. The van der Waals surface area contributed by atoms with Gasteiger partial charge in [-0.2, -0.15) is 0 Å². The van der Waals surface area contributed by atoms with Gasteiger partial charge in [0.15, 0.2) is 0 Å². The maximum absolute atomic E-state index is 12.1. The largest absolute Gasteiger partial charge is 0.473 e. The van der Waals surface area contributed by atoms with Crippen LogP contribution in [0.2, 0.25) is 5.02 Å². The highest BCUT2D eigenvalue weighted by Gasteiger charge is 2.55. The molecule has 0 unspecified atom stereocenters. The third kappa shape index (κ3) is 2.66. The van der Waals surface area contributed by atoms with Crippen molar-refractivity contribution in [3.8, 4) is 5.88 Å². The molecule has 22 heavy (non-hydrogen) atoms. The van der Waals surface area contributed by atoms with Gasteiger partial charge in [-0.15, -0.1) is 0 Å². The number of methoxy groups -OCH3 is 1. The van der Waals surface area contributed by atoms with E-state index in [4.69, 9.17) is 21.1 Å². The molecule has 2 aromatic rings. The van der Waals surface area contributed by atoms with Crippen molar-refractivity contribution in [2.75, 3.05) is 7.11 Å². The minimum Gasteiger partial charge on any atom is -0.473 e. The molecule has 1 aromatic heterocycles. The lowest BCUT2D eigenvalue weighted by Gasteiger charge is -2.18. The average molecular weight is 318 g/mol. The summed E-state index contributed by atoms with van der Waals surface area (Å²) in [7, 11) is 1.39. The summed E-state index contributed by atoms with van der Waals surface area (Å²) in [6.45, 7) is 0.373. The van der Waals surface area contributed by atoms with E-state index in [1.807, 2.05) is 30.3 Å². The number of rotatable bonds is 5. The standard InChI is InChI=1S/C17H16ClNO3/c1-21-16(20)17(8-9-17)14-13(18)7-10-19-15(14)22-11-12-5-3-2-4-6-12/h2-7,10H,8-9,11H2,1H3. The third-order valence-electron chi connectivity index (χ3n) is 3.89. The van der Waals surface area contributed by atoms with Crippen LogP contribution in [0.25, 0.3) is 0 Å². The summed E-state index contributed by atoms with van der Waals surface area (Å²) in [6, 6.07) is 11.5. The van der Waals surface area contributed by atoms with E-state index in [1.54, 1.807) is 12.3 Å². The predicted octanol–water partition coefficient (Wildman–Crippen LogP) is 3.52. The van der Waals surface area contributed by atoms with E-state index < -0.39 is 5.41 Å². The molecule has 0 spiro atoms. The second-order valence-electron chi connectivity index (χ2n) is 5.32. The number of hydrogen-bond donors (Lipinski definition) is 0. The smallest absolute Gasteiger partial charge is 0.316 e. The van der Waals surface area contributed by atoms with Crippen LogP contribution in [-0.2, 0) is 21.6 Å². The zero-order valence-electron chi connectivity index (χ0n) is 12.2. The van der Waals surface area contributed by atoms with Crippen LogP contribution in [-0.4, -0.2) is 18.1 Å². The molecular weight excluding hydrogens is 302 g/mol. The highest BCUT2D eigenvalue weighted by Crippen LogP contribution is 2.54. The lowest BCUT2D eigenvalue weighted by atomic mass is 9.97. The van der Waals surface area contributed by atoms with Crippen LogP contribution < -0.4 is 4.74 Å². The van der Waals surface area contributed by atoms with Crippen LogP contribution in [0, 0.1) is 0 Å². The Bertz CT molecular complexity index is 684. The fourth-order valence-corrected chi connectivity index (χ4v) is 2.88. The maximum atomic E-state index is 12.1. The highest BCUT2D eigenvalue weighted by molar-refractivity contribution is 6.32. The summed E-state index contributed by atoms with van der Waals surface area (Å²) in [5, 5.41) is 0.487. The van der Waals surface area contributed by atoms with Gasteiger partial charge in [0.1, 0.15) is 6.61 Å². The van der Waals surface area contributed by atoms with E-state index in [0.717, 1.165) is 5.56 Å². The second-order valence-corrected chi connectivity index (χ2v) is 5.73. The number of carbonyl (C=O) groups is 1. The molecule has 0 amide bonds. The van der Waals surface area contributed by atoms with Crippen LogP contribution in [0.5, 0.6) is 5.88 Å². The Hall–Kier alpha value is -2.07. The van der Waals surface area contributed by atoms with Crippen LogP contribution in [0.15, 0.2) is 42.6 Å². The molecule has 3 rings (SSSR count). The molecule has 0 aliphatic heterocycles. The number of benzene rings is 1. The van der Waals surface area contributed by atoms with Gasteiger partial charge in [-0.1, -0.05) is 41.9 Å². The Labute approximate surface area is 134 Å². The monoisotopic (exact) mass is 317 g/mol. The molecule has 114 valence electrons. The molecule has 0 radical (unpaired) electrons. The van der Waals surface area contributed by atoms with Crippen molar-refractivity contribution in [2.24, 2.45) is 0 Å². The molecule has 5 heteroatoms. The summed E-state index contributed by atoms with van der Waals surface area (Å²) in [6.07, 6.45) is 2.99. The molecule has 0 atom stereocenters. The molecule has 1 fully saturated rings. The molecule has 1 aromatic carbocycles. The number of hydrogen-bond acceptors (Lipinski definition) is 4. The first-order valence-corrected chi connectivity index (χ1v) is 7.45. The Morgan fingerprint density at radius 3 is 2.64 bits per heavy atom. The first-order chi connectivity index (χ1) is 10.7. The van der Waals surface area contributed by atoms with E-state index in [2.05, 4.69) is 4.98 Å². The predicted molar refractivity (Wildman–Crippen MR) is 82.9 cm³/mol. The van der Waals surface area contributed by atoms with E-state index in [1.165, 1.54) is 7.11 Å². The molecule has 1 aliphatic carbocycles. The van der Waals surface area contributed by atoms with Crippen LogP contribution >= 0.6 is 11.6 Å². The molecular formula is C17H16ClNO3. The molecule has 1 aliphatic rings. The van der Waals surface area contributed by atoms with Crippen LogP contribution in [0.4, 0.5) is 0 Å². The zero-order valence-corrected chi connectivity index (χ0v) is 13.0. The first kappa shape index (κ1) is 14.9. The highest BCUT2D eigenvalue weighted by atomic mass is 35.5. The number of halogens is 1. The Morgan fingerprint density at radius 1 is 1.27 bits per heavy atom. The van der Waals surface area contributed by atoms with Gasteiger partial charge in [-0.3, -0.25) is 4.79 Å². The summed E-state index contributed by atoms with van der Waals surface area (Å²) in [4.78, 5) is 16.4. The molecule has 1 heterocycles. The van der Waals surface area contributed by atoms with Crippen molar-refractivity contribution in [1.29, 1.82) is 0 Å². The number of nitrogens with zero attached hydrogens (tertiary/aromatic N) is 1. The van der Waals surface area contributed by atoms with Gasteiger partial charge in [0.05, 0.1) is 23.1 Å². The van der Waals surface area contributed by atoms with Crippen molar-refractivity contribution in [3.63, 3.8) is 0 Å². The number of pyridine rings is 1. The van der Waals surface area contributed by atoms with Crippen molar-refractivity contribution < 1.29 is 14.3 Å². The minimum absolute atomic E-state index is 0.285. The fourth-order valence-electron chi connectivity index (χ4n) is 2.57. The number of esters is 1.